The van der Waals surface area contributed by atoms with Crippen LogP contribution in [-0.4, -0.2) is 17.0 Å². The highest BCUT2D eigenvalue weighted by Crippen LogP contribution is 2.41. The quantitative estimate of drug-likeness (QED) is 0.742. The van der Waals surface area contributed by atoms with Gasteiger partial charge in [0.2, 0.25) is 0 Å². The second kappa shape index (κ2) is 3.93. The van der Waals surface area contributed by atoms with Gasteiger partial charge in [0.25, 0.3) is 0 Å². The molecule has 0 saturated heterocycles. The average Bonchev–Trinajstić information content (AvgIpc) is 2.64. The highest BCUT2D eigenvalue weighted by Gasteiger charge is 2.49. The fourth-order valence-corrected chi connectivity index (χ4v) is 1.91. The molecule has 1 rings (SSSR count). The highest BCUT2D eigenvalue weighted by atomic mass is 32.2. The van der Waals surface area contributed by atoms with Crippen LogP contribution in [0, 0.1) is 5.92 Å². The average molecular weight is 227 g/mol. The normalized spacial score (nSPS) is 21.0. The molecule has 0 unspecified atom stereocenters. The Morgan fingerprint density at radius 1 is 1.21 bits per heavy atom. The molecule has 14 heavy (non-hydrogen) atoms. The molecule has 0 aliphatic heterocycles. The summed E-state index contributed by atoms with van der Waals surface area (Å²) in [6.07, 6.45) is -2.72. The second-order valence-corrected chi connectivity index (χ2v) is 6.35. The Morgan fingerprint density at radius 3 is 2.00 bits per heavy atom. The predicted octanol–water partition coefficient (Wildman–Crippen LogP) is 3.36. The number of hydrogen-bond acceptors (Lipinski definition) is 2. The van der Waals surface area contributed by atoms with Gasteiger partial charge in [-0.3, -0.25) is 4.72 Å². The molecular formula is C9H16F3NS. The lowest BCUT2D eigenvalue weighted by Gasteiger charge is -2.25. The Labute approximate surface area is 87.0 Å². The number of halogens is 3. The summed E-state index contributed by atoms with van der Waals surface area (Å²) in [5.74, 6) is -0.204. The van der Waals surface area contributed by atoms with Gasteiger partial charge in [0.1, 0.15) is 6.04 Å². The molecule has 1 fully saturated rings. The summed E-state index contributed by atoms with van der Waals surface area (Å²) in [7, 11) is 0. The lowest BCUT2D eigenvalue weighted by molar-refractivity contribution is -0.155. The van der Waals surface area contributed by atoms with Gasteiger partial charge in [0.15, 0.2) is 0 Å². The fraction of sp³-hybridized carbons (Fsp3) is 1.00. The van der Waals surface area contributed by atoms with Crippen molar-refractivity contribution in [1.29, 1.82) is 0 Å². The van der Waals surface area contributed by atoms with Gasteiger partial charge in [0.05, 0.1) is 0 Å². The monoisotopic (exact) mass is 227 g/mol. The lowest BCUT2D eigenvalue weighted by atomic mass is 10.2. The van der Waals surface area contributed by atoms with Crippen molar-refractivity contribution in [2.75, 3.05) is 0 Å². The van der Waals surface area contributed by atoms with E-state index in [2.05, 4.69) is 4.72 Å². The molecule has 0 amide bonds. The molecule has 1 nitrogen and oxygen atoms in total. The number of alkyl halides is 3. The third kappa shape index (κ3) is 4.09. The van der Waals surface area contributed by atoms with Gasteiger partial charge in [-0.2, -0.15) is 13.2 Å². The molecule has 1 saturated carbocycles. The second-order valence-electron chi connectivity index (χ2n) is 4.69. The Kier molecular flexibility index (Phi) is 3.41. The van der Waals surface area contributed by atoms with E-state index in [1.54, 1.807) is 0 Å². The standard InChI is InChI=1S/C9H16F3NS/c1-8(2,3)14-13-7(6-4-5-6)9(10,11)12/h6-7,13H,4-5H2,1-3H3/t7-/m0/s1. The molecular weight excluding hydrogens is 211 g/mol. The molecule has 0 aromatic rings. The van der Waals surface area contributed by atoms with E-state index in [1.165, 1.54) is 11.9 Å². The van der Waals surface area contributed by atoms with Crippen LogP contribution in [0.25, 0.3) is 0 Å². The molecule has 0 aromatic carbocycles. The molecule has 0 heterocycles. The van der Waals surface area contributed by atoms with Crippen molar-refractivity contribution in [3.05, 3.63) is 0 Å². The Bertz CT molecular complexity index is 193. The predicted molar refractivity (Wildman–Crippen MR) is 53.0 cm³/mol. The van der Waals surface area contributed by atoms with Gasteiger partial charge >= 0.3 is 6.18 Å². The molecule has 0 spiro atoms. The van der Waals surface area contributed by atoms with Crippen LogP contribution in [0.15, 0.2) is 0 Å². The summed E-state index contributed by atoms with van der Waals surface area (Å²) in [5.41, 5.74) is 0. The smallest absolute Gasteiger partial charge is 0.251 e. The first-order valence-electron chi connectivity index (χ1n) is 4.70. The van der Waals surface area contributed by atoms with E-state index < -0.39 is 12.2 Å². The van der Waals surface area contributed by atoms with E-state index in [0.29, 0.717) is 12.8 Å². The molecule has 1 aliphatic rings. The van der Waals surface area contributed by atoms with Crippen LogP contribution in [0.4, 0.5) is 13.2 Å². The minimum absolute atomic E-state index is 0.182. The first-order valence-corrected chi connectivity index (χ1v) is 5.52. The third-order valence-corrected chi connectivity index (χ3v) is 2.92. The molecule has 0 bridgehead atoms. The Morgan fingerprint density at radius 2 is 1.71 bits per heavy atom. The van der Waals surface area contributed by atoms with Gasteiger partial charge < -0.3 is 0 Å². The summed E-state index contributed by atoms with van der Waals surface area (Å²) in [4.78, 5) is 0. The third-order valence-electron chi connectivity index (χ3n) is 1.94. The van der Waals surface area contributed by atoms with E-state index in [-0.39, 0.29) is 10.7 Å². The van der Waals surface area contributed by atoms with E-state index in [0.717, 1.165) is 0 Å². The zero-order valence-electron chi connectivity index (χ0n) is 8.61. The molecule has 5 heteroatoms. The first kappa shape index (κ1) is 12.2. The summed E-state index contributed by atoms with van der Waals surface area (Å²) >= 11 is 1.17. The highest BCUT2D eigenvalue weighted by molar-refractivity contribution is 7.98. The van der Waals surface area contributed by atoms with E-state index >= 15 is 0 Å². The van der Waals surface area contributed by atoms with Crippen LogP contribution in [0.2, 0.25) is 0 Å². The molecule has 0 radical (unpaired) electrons. The van der Waals surface area contributed by atoms with Gasteiger partial charge in [-0.05, 0) is 39.5 Å². The Hall–Kier alpha value is 0.100. The van der Waals surface area contributed by atoms with Crippen LogP contribution in [0.1, 0.15) is 33.6 Å². The minimum atomic E-state index is -4.11. The van der Waals surface area contributed by atoms with Crippen molar-refractivity contribution in [3.8, 4) is 0 Å². The van der Waals surface area contributed by atoms with Crippen LogP contribution in [-0.2, 0) is 0 Å². The van der Waals surface area contributed by atoms with Crippen molar-refractivity contribution < 1.29 is 13.2 Å². The maximum Gasteiger partial charge on any atom is 0.404 e. The van der Waals surface area contributed by atoms with Gasteiger partial charge in [0, 0.05) is 4.75 Å². The minimum Gasteiger partial charge on any atom is -0.251 e. The Balaban J connectivity index is 2.45. The number of nitrogens with one attached hydrogen (secondary N) is 1. The summed E-state index contributed by atoms with van der Waals surface area (Å²) < 4.78 is 39.9. The van der Waals surface area contributed by atoms with Gasteiger partial charge in [-0.25, -0.2) is 0 Å². The van der Waals surface area contributed by atoms with E-state index in [9.17, 15) is 13.2 Å². The first-order chi connectivity index (χ1) is 6.20. The largest absolute Gasteiger partial charge is 0.404 e. The van der Waals surface area contributed by atoms with Crippen molar-refractivity contribution >= 4 is 11.9 Å². The van der Waals surface area contributed by atoms with E-state index in [4.69, 9.17) is 0 Å². The van der Waals surface area contributed by atoms with Crippen LogP contribution in [0.5, 0.6) is 0 Å². The molecule has 0 aromatic heterocycles. The van der Waals surface area contributed by atoms with Crippen LogP contribution < -0.4 is 4.72 Å². The van der Waals surface area contributed by atoms with E-state index in [1.807, 2.05) is 20.8 Å². The maximum atomic E-state index is 12.5. The van der Waals surface area contributed by atoms with Crippen LogP contribution in [0.3, 0.4) is 0 Å². The van der Waals surface area contributed by atoms with Crippen molar-refractivity contribution in [3.63, 3.8) is 0 Å². The number of rotatable bonds is 3. The SMILES string of the molecule is CC(C)(C)SN[C@@H](C1CC1)C(F)(F)F. The van der Waals surface area contributed by atoms with Crippen LogP contribution >= 0.6 is 11.9 Å². The fourth-order valence-electron chi connectivity index (χ4n) is 1.10. The van der Waals surface area contributed by atoms with Gasteiger partial charge in [-0.1, -0.05) is 11.9 Å². The summed E-state index contributed by atoms with van der Waals surface area (Å²) in [5, 5.41) is 0. The zero-order chi connectivity index (χ0) is 11.0. The lowest BCUT2D eigenvalue weighted by Crippen LogP contribution is -2.42. The molecule has 1 N–H and O–H groups in total. The van der Waals surface area contributed by atoms with Crippen molar-refractivity contribution in [1.82, 2.24) is 4.72 Å². The molecule has 1 aliphatic carbocycles. The topological polar surface area (TPSA) is 12.0 Å². The molecule has 1 atom stereocenters. The summed E-state index contributed by atoms with van der Waals surface area (Å²) in [6.45, 7) is 5.68. The molecule has 84 valence electrons. The summed E-state index contributed by atoms with van der Waals surface area (Å²) in [6, 6.07) is -1.33. The number of hydrogen-bond donors (Lipinski definition) is 1. The van der Waals surface area contributed by atoms with Gasteiger partial charge in [-0.15, -0.1) is 0 Å². The van der Waals surface area contributed by atoms with Crippen molar-refractivity contribution in [2.45, 2.75) is 50.6 Å². The van der Waals surface area contributed by atoms with Crippen molar-refractivity contribution in [2.24, 2.45) is 5.92 Å². The maximum absolute atomic E-state index is 12.5. The zero-order valence-corrected chi connectivity index (χ0v) is 9.43.